The third kappa shape index (κ3) is 3.77. The number of carbonyl (C=O) groups excluding carboxylic acids is 1. The molecule has 3 N–H and O–H groups in total. The Hall–Kier alpha value is -2.52. The van der Waals surface area contributed by atoms with E-state index in [0.717, 1.165) is 12.1 Å². The van der Waals surface area contributed by atoms with Crippen molar-refractivity contribution >= 4 is 21.7 Å². The maximum Gasteiger partial charge on any atom is 0.322 e. The van der Waals surface area contributed by atoms with E-state index in [-0.39, 0.29) is 11.4 Å². The zero-order valence-electron chi connectivity index (χ0n) is 13.0. The predicted molar refractivity (Wildman–Crippen MR) is 87.3 cm³/mol. The third-order valence-corrected chi connectivity index (χ3v) is 4.91. The van der Waals surface area contributed by atoms with Gasteiger partial charge in [0.1, 0.15) is 0 Å². The van der Waals surface area contributed by atoms with Gasteiger partial charge in [-0.25, -0.2) is 27.1 Å². The summed E-state index contributed by atoms with van der Waals surface area (Å²) in [5.74, 6) is -1.84. The number of nitrogens with zero attached hydrogens (tertiary/aromatic N) is 1. The molecule has 2 aromatic rings. The van der Waals surface area contributed by atoms with Crippen LogP contribution < -0.4 is 10.5 Å². The van der Waals surface area contributed by atoms with Crippen LogP contribution in [0.3, 0.4) is 0 Å². The van der Waals surface area contributed by atoms with Gasteiger partial charge in [0.2, 0.25) is 10.0 Å². The smallest absolute Gasteiger partial charge is 0.320 e. The number of fused-ring (bicyclic) bond motifs is 1. The molecule has 6 nitrogen and oxygen atoms in total. The van der Waals surface area contributed by atoms with Crippen LogP contribution in [0.2, 0.25) is 0 Å². The minimum absolute atomic E-state index is 0.0603. The molecule has 0 unspecified atom stereocenters. The molecular weight excluding hydrogens is 352 g/mol. The SMILES string of the molecule is NS(=O)(=O)c1ccc(NC(=O)N2CCc3cc(F)c(F)cc3C2)cc1. The van der Waals surface area contributed by atoms with Gasteiger partial charge in [0.05, 0.1) is 4.90 Å². The van der Waals surface area contributed by atoms with E-state index in [2.05, 4.69) is 5.32 Å². The summed E-state index contributed by atoms with van der Waals surface area (Å²) in [5, 5.41) is 7.64. The molecule has 1 aliphatic rings. The summed E-state index contributed by atoms with van der Waals surface area (Å²) in [6.45, 7) is 0.521. The summed E-state index contributed by atoms with van der Waals surface area (Å²) in [7, 11) is -3.80. The number of anilines is 1. The highest BCUT2D eigenvalue weighted by Crippen LogP contribution is 2.23. The number of benzene rings is 2. The number of amides is 2. The fraction of sp³-hybridized carbons (Fsp3) is 0.188. The maximum absolute atomic E-state index is 13.4. The molecule has 2 aromatic carbocycles. The summed E-state index contributed by atoms with van der Waals surface area (Å²) in [6.07, 6.45) is 0.421. The standard InChI is InChI=1S/C16H15F2N3O3S/c17-14-7-10-5-6-21(9-11(10)8-15(14)18)16(22)20-12-1-3-13(4-2-12)25(19,23)24/h1-4,7-8H,5-6,9H2,(H,20,22)(H2,19,23,24). The van der Waals surface area contributed by atoms with Crippen molar-refractivity contribution < 1.29 is 22.0 Å². The highest BCUT2D eigenvalue weighted by molar-refractivity contribution is 7.89. The predicted octanol–water partition coefficient (Wildman–Crippen LogP) is 2.20. The van der Waals surface area contributed by atoms with Crippen LogP contribution in [0.15, 0.2) is 41.3 Å². The van der Waals surface area contributed by atoms with Gasteiger partial charge in [0, 0.05) is 18.8 Å². The van der Waals surface area contributed by atoms with Crippen molar-refractivity contribution in [2.24, 2.45) is 5.14 Å². The van der Waals surface area contributed by atoms with E-state index < -0.39 is 27.7 Å². The lowest BCUT2D eigenvalue weighted by Gasteiger charge is -2.29. The van der Waals surface area contributed by atoms with Gasteiger partial charge in [-0.2, -0.15) is 0 Å². The van der Waals surface area contributed by atoms with Crippen LogP contribution in [0.1, 0.15) is 11.1 Å². The van der Waals surface area contributed by atoms with Crippen molar-refractivity contribution in [1.82, 2.24) is 4.90 Å². The highest BCUT2D eigenvalue weighted by Gasteiger charge is 2.22. The number of primary sulfonamides is 1. The average Bonchev–Trinajstić information content (AvgIpc) is 2.55. The monoisotopic (exact) mass is 367 g/mol. The normalized spacial score (nSPS) is 14.1. The molecule has 3 rings (SSSR count). The lowest BCUT2D eigenvalue weighted by molar-refractivity contribution is 0.206. The third-order valence-electron chi connectivity index (χ3n) is 3.98. The summed E-state index contributed by atoms with van der Waals surface area (Å²) in [5.41, 5.74) is 1.64. The molecule has 0 spiro atoms. The lowest BCUT2D eigenvalue weighted by atomic mass is 9.99. The lowest BCUT2D eigenvalue weighted by Crippen LogP contribution is -2.39. The summed E-state index contributed by atoms with van der Waals surface area (Å²) in [4.78, 5) is 13.7. The number of rotatable bonds is 2. The quantitative estimate of drug-likeness (QED) is 0.852. The Morgan fingerprint density at radius 2 is 1.68 bits per heavy atom. The Balaban J connectivity index is 1.71. The van der Waals surface area contributed by atoms with E-state index in [0.29, 0.717) is 29.8 Å². The number of urea groups is 1. The van der Waals surface area contributed by atoms with Crippen LogP contribution in [0.5, 0.6) is 0 Å². The van der Waals surface area contributed by atoms with E-state index in [1.54, 1.807) is 0 Å². The number of nitrogens with two attached hydrogens (primary N) is 1. The molecule has 0 radical (unpaired) electrons. The van der Waals surface area contributed by atoms with Gasteiger partial charge in [0.25, 0.3) is 0 Å². The van der Waals surface area contributed by atoms with Crippen LogP contribution in [-0.2, 0) is 23.0 Å². The summed E-state index contributed by atoms with van der Waals surface area (Å²) >= 11 is 0. The van der Waals surface area contributed by atoms with E-state index in [4.69, 9.17) is 5.14 Å². The highest BCUT2D eigenvalue weighted by atomic mass is 32.2. The van der Waals surface area contributed by atoms with Crippen molar-refractivity contribution in [2.75, 3.05) is 11.9 Å². The molecule has 0 aliphatic carbocycles. The molecule has 1 aliphatic heterocycles. The molecule has 0 fully saturated rings. The molecule has 2 amide bonds. The van der Waals surface area contributed by atoms with Crippen LogP contribution >= 0.6 is 0 Å². The van der Waals surface area contributed by atoms with Crippen molar-refractivity contribution in [3.05, 3.63) is 59.2 Å². The molecule has 0 atom stereocenters. The van der Waals surface area contributed by atoms with E-state index in [9.17, 15) is 22.0 Å². The first kappa shape index (κ1) is 17.3. The molecule has 0 saturated carbocycles. The Kier molecular flexibility index (Phi) is 4.44. The maximum atomic E-state index is 13.4. The molecule has 0 saturated heterocycles. The Morgan fingerprint density at radius 3 is 2.28 bits per heavy atom. The molecule has 1 heterocycles. The largest absolute Gasteiger partial charge is 0.322 e. The summed E-state index contributed by atoms with van der Waals surface area (Å²) in [6, 6.07) is 7.26. The zero-order valence-corrected chi connectivity index (χ0v) is 13.8. The number of sulfonamides is 1. The molecule has 9 heteroatoms. The second-order valence-corrected chi connectivity index (χ2v) is 7.27. The van der Waals surface area contributed by atoms with Gasteiger partial charge in [0.15, 0.2) is 11.6 Å². The Bertz CT molecular complexity index is 930. The van der Waals surface area contributed by atoms with Crippen molar-refractivity contribution in [1.29, 1.82) is 0 Å². The first-order valence-electron chi connectivity index (χ1n) is 7.39. The number of nitrogens with one attached hydrogen (secondary N) is 1. The molecule has 0 bridgehead atoms. The molecule has 0 aromatic heterocycles. The fourth-order valence-electron chi connectivity index (χ4n) is 2.65. The topological polar surface area (TPSA) is 92.5 Å². The minimum atomic E-state index is -3.80. The Labute approximate surface area is 143 Å². The van der Waals surface area contributed by atoms with Crippen molar-refractivity contribution in [2.45, 2.75) is 17.9 Å². The summed E-state index contributed by atoms with van der Waals surface area (Å²) < 4.78 is 49.0. The van der Waals surface area contributed by atoms with Crippen LogP contribution in [0.4, 0.5) is 19.3 Å². The van der Waals surface area contributed by atoms with Gasteiger partial charge >= 0.3 is 6.03 Å². The van der Waals surface area contributed by atoms with Gasteiger partial charge < -0.3 is 10.2 Å². The molecule has 25 heavy (non-hydrogen) atoms. The van der Waals surface area contributed by atoms with E-state index >= 15 is 0 Å². The Morgan fingerprint density at radius 1 is 1.08 bits per heavy atom. The number of hydrogen-bond donors (Lipinski definition) is 2. The second kappa shape index (κ2) is 6.41. The number of hydrogen-bond acceptors (Lipinski definition) is 3. The van der Waals surface area contributed by atoms with Gasteiger partial charge in [-0.3, -0.25) is 0 Å². The molecular formula is C16H15F2N3O3S. The zero-order chi connectivity index (χ0) is 18.2. The van der Waals surface area contributed by atoms with Crippen LogP contribution in [0, 0.1) is 11.6 Å². The van der Waals surface area contributed by atoms with Crippen molar-refractivity contribution in [3.8, 4) is 0 Å². The van der Waals surface area contributed by atoms with E-state index in [1.807, 2.05) is 0 Å². The van der Waals surface area contributed by atoms with Gasteiger partial charge in [-0.15, -0.1) is 0 Å². The minimum Gasteiger partial charge on any atom is -0.320 e. The number of carbonyl (C=O) groups is 1. The van der Waals surface area contributed by atoms with Gasteiger partial charge in [-0.05, 0) is 53.9 Å². The first-order chi connectivity index (χ1) is 11.7. The van der Waals surface area contributed by atoms with E-state index in [1.165, 1.54) is 29.2 Å². The van der Waals surface area contributed by atoms with Crippen LogP contribution in [0.25, 0.3) is 0 Å². The molecule has 132 valence electrons. The van der Waals surface area contributed by atoms with Crippen molar-refractivity contribution in [3.63, 3.8) is 0 Å². The van der Waals surface area contributed by atoms with Crippen LogP contribution in [-0.4, -0.2) is 25.9 Å². The second-order valence-electron chi connectivity index (χ2n) is 5.71. The van der Waals surface area contributed by atoms with Gasteiger partial charge in [-0.1, -0.05) is 0 Å². The first-order valence-corrected chi connectivity index (χ1v) is 8.94. The average molecular weight is 367 g/mol. The number of halogens is 2. The fourth-order valence-corrected chi connectivity index (χ4v) is 3.17.